The van der Waals surface area contributed by atoms with Gasteiger partial charge in [0.25, 0.3) is 0 Å². The van der Waals surface area contributed by atoms with E-state index in [2.05, 4.69) is 39.2 Å². The first-order valence-corrected chi connectivity index (χ1v) is 28.5. The topological polar surface area (TPSA) is 157 Å². The second-order valence-electron chi connectivity index (χ2n) is 18.9. The van der Waals surface area contributed by atoms with E-state index >= 15 is 0 Å². The number of rotatable bonds is 32. The Morgan fingerprint density at radius 1 is 0.700 bits per heavy atom. The van der Waals surface area contributed by atoms with Gasteiger partial charge in [-0.3, -0.25) is 9.36 Å². The quantitative estimate of drug-likeness (QED) is 0.0213. The average molecular weight is 1010 g/mol. The van der Waals surface area contributed by atoms with E-state index in [0.29, 0.717) is 6.61 Å². The second-order valence-corrected chi connectivity index (χ2v) is 26.1. The standard InChI is InChI=1S/C53H76NO14PSi/c1-42(55)54-49-47(64-39-60-33-44-23-15-10-16-24-44)31-53(29-30-69(56,57-5)58-6,37-67-70(7,8)52(2,3)4)68-51(49)50(66-41-62-35-46-27-19-12-20-28-46)48(65-40-61-34-45-25-17-11-18-26-45)36-63-38-59-32-43-21-13-9-14-22-43/h9-28,47-51H,29-41H2,1-8H3,(H,54,55)/t47-,48+,49+,50+,51+,53-/m0/s1. The fraction of sp³-hybridized carbons (Fsp3) is 0.528. The summed E-state index contributed by atoms with van der Waals surface area (Å²) in [6, 6.07) is 38.2. The first kappa shape index (κ1) is 57.2. The van der Waals surface area contributed by atoms with E-state index in [1.165, 1.54) is 21.1 Å². The molecular formula is C53H76NO14PSi. The molecule has 4 aromatic carbocycles. The Morgan fingerprint density at radius 3 is 1.61 bits per heavy atom. The molecule has 5 rings (SSSR count). The van der Waals surface area contributed by atoms with Crippen molar-refractivity contribution < 1.29 is 65.5 Å². The van der Waals surface area contributed by atoms with E-state index in [4.69, 9.17) is 56.1 Å². The van der Waals surface area contributed by atoms with Gasteiger partial charge >= 0.3 is 7.60 Å². The van der Waals surface area contributed by atoms with E-state index in [0.717, 1.165) is 22.3 Å². The molecule has 1 heterocycles. The fourth-order valence-corrected chi connectivity index (χ4v) is 9.87. The third-order valence-electron chi connectivity index (χ3n) is 12.6. The van der Waals surface area contributed by atoms with Crippen molar-refractivity contribution in [1.82, 2.24) is 5.32 Å². The van der Waals surface area contributed by atoms with Crippen molar-refractivity contribution in [2.24, 2.45) is 0 Å². The SMILES string of the molecule is COP(=O)(CC[C@@]1(CO[Si](C)(C)C(C)(C)C)C[C@H](OCOCc2ccccc2)[C@@H](NC(C)=O)[C@H]([C@H](OCOCc2ccccc2)[C@@H](COCOCc2ccccc2)OCOCc2ccccc2)O1)OC. The van der Waals surface area contributed by atoms with Crippen molar-refractivity contribution in [2.75, 3.05) is 60.8 Å². The minimum absolute atomic E-state index is 0.0174. The van der Waals surface area contributed by atoms with Crippen LogP contribution in [0.3, 0.4) is 0 Å². The van der Waals surface area contributed by atoms with E-state index in [9.17, 15) is 9.36 Å². The molecule has 0 aromatic heterocycles. The molecule has 6 atom stereocenters. The van der Waals surface area contributed by atoms with Gasteiger partial charge in [-0.05, 0) is 46.8 Å². The van der Waals surface area contributed by atoms with Crippen molar-refractivity contribution in [1.29, 1.82) is 0 Å². The summed E-state index contributed by atoms with van der Waals surface area (Å²) in [7, 11) is -3.33. The Morgan fingerprint density at radius 2 is 1.16 bits per heavy atom. The van der Waals surface area contributed by atoms with Gasteiger partial charge in [0.1, 0.15) is 45.5 Å². The Balaban J connectivity index is 1.56. The van der Waals surface area contributed by atoms with Crippen molar-refractivity contribution in [3.63, 3.8) is 0 Å². The van der Waals surface area contributed by atoms with Gasteiger partial charge in [-0.15, -0.1) is 0 Å². The summed E-state index contributed by atoms with van der Waals surface area (Å²) < 4.78 is 90.0. The number of hydrogen-bond acceptors (Lipinski definition) is 14. The lowest BCUT2D eigenvalue weighted by Crippen LogP contribution is -2.68. The molecule has 1 aliphatic heterocycles. The maximum Gasteiger partial charge on any atom is 0.330 e. The van der Waals surface area contributed by atoms with Gasteiger partial charge in [0.15, 0.2) is 8.32 Å². The highest BCUT2D eigenvalue weighted by atomic mass is 31.2. The minimum Gasteiger partial charge on any atom is -0.414 e. The zero-order chi connectivity index (χ0) is 50.3. The highest BCUT2D eigenvalue weighted by Crippen LogP contribution is 2.50. The first-order chi connectivity index (χ1) is 33.6. The number of nitrogens with one attached hydrogen (secondary N) is 1. The van der Waals surface area contributed by atoms with Crippen LogP contribution in [-0.2, 0) is 91.9 Å². The monoisotopic (exact) mass is 1010 g/mol. The van der Waals surface area contributed by atoms with Gasteiger partial charge in [0.05, 0.1) is 63.6 Å². The van der Waals surface area contributed by atoms with Crippen molar-refractivity contribution >= 4 is 21.8 Å². The van der Waals surface area contributed by atoms with Crippen LogP contribution < -0.4 is 5.32 Å². The van der Waals surface area contributed by atoms with Crippen LogP contribution in [0.25, 0.3) is 0 Å². The molecule has 15 nitrogen and oxygen atoms in total. The zero-order valence-corrected chi connectivity index (χ0v) is 44.2. The fourth-order valence-electron chi connectivity index (χ4n) is 7.62. The Bertz CT molecular complexity index is 2090. The largest absolute Gasteiger partial charge is 0.414 e. The summed E-state index contributed by atoms with van der Waals surface area (Å²) in [6.45, 7) is 12.8. The first-order valence-electron chi connectivity index (χ1n) is 23.8. The van der Waals surface area contributed by atoms with Gasteiger partial charge in [-0.2, -0.15) is 0 Å². The highest BCUT2D eigenvalue weighted by molar-refractivity contribution is 7.53. The second kappa shape index (κ2) is 29.1. The van der Waals surface area contributed by atoms with Crippen molar-refractivity contribution in [3.8, 4) is 0 Å². The zero-order valence-electron chi connectivity index (χ0n) is 42.3. The van der Waals surface area contributed by atoms with Crippen LogP contribution in [0.5, 0.6) is 0 Å². The van der Waals surface area contributed by atoms with Crippen LogP contribution in [0, 0.1) is 0 Å². The summed E-state index contributed by atoms with van der Waals surface area (Å²) in [4.78, 5) is 13.4. The summed E-state index contributed by atoms with van der Waals surface area (Å²) in [6.07, 6.45) is -3.45. The minimum atomic E-state index is -3.59. The molecular weight excluding hydrogens is 934 g/mol. The van der Waals surface area contributed by atoms with Crippen LogP contribution in [-0.4, -0.2) is 111 Å². The molecule has 0 bridgehead atoms. The average Bonchev–Trinajstić information content (AvgIpc) is 3.36. The van der Waals surface area contributed by atoms with E-state index in [1.807, 2.05) is 121 Å². The highest BCUT2D eigenvalue weighted by Gasteiger charge is 2.54. The van der Waals surface area contributed by atoms with Gasteiger partial charge in [-0.25, -0.2) is 0 Å². The maximum atomic E-state index is 13.9. The molecule has 4 aromatic rings. The summed E-state index contributed by atoms with van der Waals surface area (Å²) in [5.74, 6) is -0.334. The van der Waals surface area contributed by atoms with Crippen molar-refractivity contribution in [3.05, 3.63) is 144 Å². The number of carbonyl (C=O) groups is 1. The van der Waals surface area contributed by atoms with Crippen molar-refractivity contribution in [2.45, 2.75) is 121 Å². The van der Waals surface area contributed by atoms with Crippen LogP contribution >= 0.6 is 7.60 Å². The van der Waals surface area contributed by atoms with E-state index in [-0.39, 0.29) is 90.2 Å². The molecule has 1 aliphatic rings. The predicted octanol–water partition coefficient (Wildman–Crippen LogP) is 9.79. The predicted molar refractivity (Wildman–Crippen MR) is 269 cm³/mol. The summed E-state index contributed by atoms with van der Waals surface area (Å²) in [5, 5.41) is 2.98. The maximum absolute atomic E-state index is 13.9. The lowest BCUT2D eigenvalue weighted by atomic mass is 9.82. The lowest BCUT2D eigenvalue weighted by Gasteiger charge is -2.52. The van der Waals surface area contributed by atoms with Gasteiger partial charge in [0.2, 0.25) is 5.91 Å². The molecule has 0 aliphatic carbocycles. The number of carbonyl (C=O) groups excluding carboxylic acids is 1. The summed E-state index contributed by atoms with van der Waals surface area (Å²) >= 11 is 0. The lowest BCUT2D eigenvalue weighted by molar-refractivity contribution is -0.276. The smallest absolute Gasteiger partial charge is 0.330 e. The Kier molecular flexibility index (Phi) is 23.8. The molecule has 70 heavy (non-hydrogen) atoms. The number of amides is 1. The molecule has 17 heteroatoms. The summed E-state index contributed by atoms with van der Waals surface area (Å²) in [5.41, 5.74) is 2.64. The molecule has 1 saturated heterocycles. The van der Waals surface area contributed by atoms with Gasteiger partial charge in [-0.1, -0.05) is 142 Å². The molecule has 1 amide bonds. The Labute approximate surface area is 416 Å². The normalized spacial score (nSPS) is 19.7. The van der Waals surface area contributed by atoms with Crippen LogP contribution in [0.1, 0.15) is 62.8 Å². The van der Waals surface area contributed by atoms with Crippen LogP contribution in [0.2, 0.25) is 18.1 Å². The third kappa shape index (κ3) is 19.1. The Hall–Kier alpha value is -3.68. The molecule has 1 N–H and O–H groups in total. The van der Waals surface area contributed by atoms with Gasteiger partial charge < -0.3 is 61.4 Å². The number of ether oxygens (including phenoxy) is 9. The van der Waals surface area contributed by atoms with Crippen LogP contribution in [0.15, 0.2) is 121 Å². The molecule has 1 fully saturated rings. The molecule has 0 spiro atoms. The number of hydrogen-bond donors (Lipinski definition) is 1. The molecule has 386 valence electrons. The molecule has 0 radical (unpaired) electrons. The van der Waals surface area contributed by atoms with E-state index < -0.39 is 52.0 Å². The van der Waals surface area contributed by atoms with E-state index in [1.54, 1.807) is 0 Å². The molecule has 0 saturated carbocycles. The van der Waals surface area contributed by atoms with Gasteiger partial charge in [0, 0.05) is 27.6 Å². The third-order valence-corrected chi connectivity index (χ3v) is 19.0. The van der Waals surface area contributed by atoms with Crippen LogP contribution in [0.4, 0.5) is 0 Å². The molecule has 0 unspecified atom stereocenters. The number of benzene rings is 4.